The number of nitrogens with zero attached hydrogens (tertiary/aromatic N) is 3. The quantitative estimate of drug-likeness (QED) is 0.781. The zero-order chi connectivity index (χ0) is 17.8. The van der Waals surface area contributed by atoms with E-state index in [0.717, 1.165) is 11.3 Å². The highest BCUT2D eigenvalue weighted by Gasteiger charge is 2.08. The zero-order valence-electron chi connectivity index (χ0n) is 13.4. The summed E-state index contributed by atoms with van der Waals surface area (Å²) in [5.74, 6) is -0.0128. The molecule has 0 aliphatic carbocycles. The molecule has 1 N–H and O–H groups in total. The minimum absolute atomic E-state index is 0.179. The molecule has 2 aromatic heterocycles. The van der Waals surface area contributed by atoms with Crippen LogP contribution in [-0.4, -0.2) is 20.7 Å². The molecule has 0 unspecified atom stereocenters. The van der Waals surface area contributed by atoms with Crippen LogP contribution in [0, 0.1) is 0 Å². The van der Waals surface area contributed by atoms with Crippen LogP contribution < -0.4 is 10.9 Å². The van der Waals surface area contributed by atoms with Gasteiger partial charge in [-0.1, -0.05) is 23.7 Å². The van der Waals surface area contributed by atoms with Gasteiger partial charge in [-0.05, 0) is 35.9 Å². The van der Waals surface area contributed by atoms with Gasteiger partial charge in [0.15, 0.2) is 5.82 Å². The fourth-order valence-corrected chi connectivity index (χ4v) is 2.51. The van der Waals surface area contributed by atoms with Gasteiger partial charge >= 0.3 is 0 Å². The van der Waals surface area contributed by atoms with Crippen molar-refractivity contribution in [1.29, 1.82) is 0 Å². The summed E-state index contributed by atoms with van der Waals surface area (Å²) >= 11 is 5.97. The van der Waals surface area contributed by atoms with Crippen LogP contribution in [0.4, 0.5) is 5.82 Å². The number of anilines is 1. The van der Waals surface area contributed by atoms with Crippen molar-refractivity contribution in [2.24, 2.45) is 7.05 Å². The molecular formula is C18H15ClN4O2. The van der Waals surface area contributed by atoms with Crippen LogP contribution in [0.2, 0.25) is 5.02 Å². The molecule has 0 saturated heterocycles. The lowest BCUT2D eigenvalue weighted by atomic mass is 10.1. The first-order valence-electron chi connectivity index (χ1n) is 7.56. The predicted octanol–water partition coefficient (Wildman–Crippen LogP) is 2.67. The molecule has 3 aromatic rings. The Bertz CT molecular complexity index is 967. The van der Waals surface area contributed by atoms with Crippen LogP contribution in [0.25, 0.3) is 0 Å². The number of halogens is 1. The van der Waals surface area contributed by atoms with Crippen LogP contribution in [0.15, 0.2) is 59.5 Å². The molecule has 2 heterocycles. The van der Waals surface area contributed by atoms with Crippen molar-refractivity contribution >= 4 is 23.3 Å². The average molecular weight is 355 g/mol. The molecular weight excluding hydrogens is 340 g/mol. The third-order valence-corrected chi connectivity index (χ3v) is 3.82. The van der Waals surface area contributed by atoms with Crippen molar-refractivity contribution in [2.45, 2.75) is 6.42 Å². The number of aryl methyl sites for hydroxylation is 1. The summed E-state index contributed by atoms with van der Waals surface area (Å²) in [5, 5.41) is 11.5. The molecule has 0 aliphatic heterocycles. The number of carbonyl (C=O) groups is 1. The Morgan fingerprint density at radius 2 is 2.00 bits per heavy atom. The Balaban J connectivity index is 1.68. The lowest BCUT2D eigenvalue weighted by molar-refractivity contribution is 0.102. The third kappa shape index (κ3) is 4.30. The van der Waals surface area contributed by atoms with Crippen molar-refractivity contribution < 1.29 is 4.79 Å². The molecule has 1 aromatic carbocycles. The van der Waals surface area contributed by atoms with Gasteiger partial charge in [-0.25, -0.2) is 0 Å². The van der Waals surface area contributed by atoms with Gasteiger partial charge in [0, 0.05) is 30.8 Å². The van der Waals surface area contributed by atoms with Crippen LogP contribution in [0.1, 0.15) is 21.6 Å². The summed E-state index contributed by atoms with van der Waals surface area (Å²) in [6.45, 7) is 0. The maximum absolute atomic E-state index is 12.2. The van der Waals surface area contributed by atoms with Gasteiger partial charge in [-0.15, -0.1) is 5.10 Å². The molecule has 0 bridgehead atoms. The minimum atomic E-state index is -0.354. The van der Waals surface area contributed by atoms with E-state index in [1.54, 1.807) is 19.2 Å². The lowest BCUT2D eigenvalue weighted by Gasteiger charge is -2.06. The highest BCUT2D eigenvalue weighted by molar-refractivity contribution is 6.30. The first kappa shape index (κ1) is 16.9. The first-order valence-corrected chi connectivity index (χ1v) is 7.94. The minimum Gasteiger partial charge on any atom is -0.318 e. The maximum Gasteiger partial charge on any atom is 0.258 e. The highest BCUT2D eigenvalue weighted by Crippen LogP contribution is 2.14. The fraction of sp³-hybridized carbons (Fsp3) is 0.111. The second-order valence-corrected chi connectivity index (χ2v) is 5.97. The third-order valence-electron chi connectivity index (χ3n) is 3.58. The molecule has 126 valence electrons. The summed E-state index contributed by atoms with van der Waals surface area (Å²) in [6, 6.07) is 13.8. The molecule has 25 heavy (non-hydrogen) atoms. The number of aromatic nitrogens is 3. The zero-order valence-corrected chi connectivity index (χ0v) is 14.2. The summed E-state index contributed by atoms with van der Waals surface area (Å²) in [4.78, 5) is 23.5. The average Bonchev–Trinajstić information content (AvgIpc) is 2.59. The molecule has 0 atom stereocenters. The Morgan fingerprint density at radius 1 is 1.16 bits per heavy atom. The monoisotopic (exact) mass is 354 g/mol. The van der Waals surface area contributed by atoms with Crippen molar-refractivity contribution in [3.05, 3.63) is 86.9 Å². The van der Waals surface area contributed by atoms with E-state index in [9.17, 15) is 9.59 Å². The molecule has 7 heteroatoms. The van der Waals surface area contributed by atoms with Crippen molar-refractivity contribution in [3.8, 4) is 0 Å². The highest BCUT2D eigenvalue weighted by atomic mass is 35.5. The van der Waals surface area contributed by atoms with Gasteiger partial charge < -0.3 is 9.88 Å². The van der Waals surface area contributed by atoms with E-state index in [4.69, 9.17) is 11.6 Å². The summed E-state index contributed by atoms with van der Waals surface area (Å²) in [7, 11) is 1.59. The normalized spacial score (nSPS) is 10.5. The van der Waals surface area contributed by atoms with Gasteiger partial charge in [0.2, 0.25) is 5.56 Å². The summed E-state index contributed by atoms with van der Waals surface area (Å²) in [5.41, 5.74) is 1.99. The van der Waals surface area contributed by atoms with Crippen LogP contribution >= 0.6 is 11.6 Å². The number of nitrogens with one attached hydrogen (secondary N) is 1. The van der Waals surface area contributed by atoms with Crippen LogP contribution in [-0.2, 0) is 13.5 Å². The SMILES string of the molecule is Cn1cc(C(=O)Nc2ccc(Cc3cccc(Cl)c3)nn2)ccc1=O. The molecule has 3 rings (SSSR count). The summed E-state index contributed by atoms with van der Waals surface area (Å²) < 4.78 is 1.34. The molecule has 6 nitrogen and oxygen atoms in total. The Labute approximate surface area is 149 Å². The van der Waals surface area contributed by atoms with Gasteiger partial charge in [0.05, 0.1) is 11.3 Å². The number of carbonyl (C=O) groups excluding carboxylic acids is 1. The van der Waals surface area contributed by atoms with E-state index < -0.39 is 0 Å². The number of pyridine rings is 1. The predicted molar refractivity (Wildman–Crippen MR) is 95.9 cm³/mol. The Morgan fingerprint density at radius 3 is 2.68 bits per heavy atom. The molecule has 0 spiro atoms. The van der Waals surface area contributed by atoms with Gasteiger partial charge in [-0.3, -0.25) is 9.59 Å². The largest absolute Gasteiger partial charge is 0.318 e. The van der Waals surface area contributed by atoms with E-state index in [1.165, 1.54) is 22.9 Å². The molecule has 0 radical (unpaired) electrons. The van der Waals surface area contributed by atoms with E-state index in [0.29, 0.717) is 22.8 Å². The van der Waals surface area contributed by atoms with E-state index >= 15 is 0 Å². The van der Waals surface area contributed by atoms with Crippen molar-refractivity contribution in [1.82, 2.24) is 14.8 Å². The van der Waals surface area contributed by atoms with Gasteiger partial charge in [-0.2, -0.15) is 5.10 Å². The second-order valence-electron chi connectivity index (χ2n) is 5.54. The molecule has 0 aliphatic rings. The van der Waals surface area contributed by atoms with E-state index in [-0.39, 0.29) is 11.5 Å². The number of hydrogen-bond donors (Lipinski definition) is 1. The number of amides is 1. The van der Waals surface area contributed by atoms with Gasteiger partial charge in [0.1, 0.15) is 0 Å². The molecule has 1 amide bonds. The summed E-state index contributed by atoms with van der Waals surface area (Å²) in [6.07, 6.45) is 2.07. The van der Waals surface area contributed by atoms with Crippen molar-refractivity contribution in [2.75, 3.05) is 5.32 Å². The molecule has 0 saturated carbocycles. The number of rotatable bonds is 4. The standard InChI is InChI=1S/C18H15ClN4O2/c1-23-11-13(5-8-17(23)24)18(25)20-16-7-6-15(21-22-16)10-12-3-2-4-14(19)9-12/h2-9,11H,10H2,1H3,(H,20,22,25). The van der Waals surface area contributed by atoms with Crippen LogP contribution in [0.3, 0.4) is 0 Å². The van der Waals surface area contributed by atoms with E-state index in [1.807, 2.05) is 24.3 Å². The Kier molecular flexibility index (Phi) is 4.90. The lowest BCUT2D eigenvalue weighted by Crippen LogP contribution is -2.20. The second kappa shape index (κ2) is 7.27. The van der Waals surface area contributed by atoms with E-state index in [2.05, 4.69) is 15.5 Å². The number of hydrogen-bond acceptors (Lipinski definition) is 4. The van der Waals surface area contributed by atoms with Gasteiger partial charge in [0.25, 0.3) is 5.91 Å². The molecule has 0 fully saturated rings. The smallest absolute Gasteiger partial charge is 0.258 e. The van der Waals surface area contributed by atoms with Crippen LogP contribution in [0.5, 0.6) is 0 Å². The topological polar surface area (TPSA) is 76.9 Å². The number of benzene rings is 1. The Hall–Kier alpha value is -2.99. The first-order chi connectivity index (χ1) is 12.0. The van der Waals surface area contributed by atoms with Crippen molar-refractivity contribution in [3.63, 3.8) is 0 Å². The maximum atomic E-state index is 12.2. The fourth-order valence-electron chi connectivity index (χ4n) is 2.29.